The SMILES string of the molecule is CC(N)Oc1ccccc1.O=C(O)CC(O)(CC(=O)O)C(=O)O. The lowest BCUT2D eigenvalue weighted by molar-refractivity contribution is -0.170. The molecule has 1 atom stereocenters. The third-order valence-electron chi connectivity index (χ3n) is 2.35. The van der Waals surface area contributed by atoms with E-state index in [2.05, 4.69) is 0 Å². The predicted octanol–water partition coefficient (Wildman–Crippen LogP) is 0.122. The van der Waals surface area contributed by atoms with Crippen molar-refractivity contribution in [2.75, 3.05) is 0 Å². The number of aliphatic hydroxyl groups is 1. The van der Waals surface area contributed by atoms with Crippen molar-refractivity contribution in [3.8, 4) is 5.75 Å². The molecule has 128 valence electrons. The fraction of sp³-hybridized carbons (Fsp3) is 0.357. The number of rotatable bonds is 7. The third-order valence-corrected chi connectivity index (χ3v) is 2.35. The van der Waals surface area contributed by atoms with Gasteiger partial charge in [-0.15, -0.1) is 0 Å². The summed E-state index contributed by atoms with van der Waals surface area (Å²) in [6.45, 7) is 1.80. The number of hydrogen-bond acceptors (Lipinski definition) is 6. The highest BCUT2D eigenvalue weighted by atomic mass is 16.5. The van der Waals surface area contributed by atoms with Crippen LogP contribution in [0.25, 0.3) is 0 Å². The highest BCUT2D eigenvalue weighted by Gasteiger charge is 2.40. The minimum Gasteiger partial charge on any atom is -0.481 e. The minimum atomic E-state index is -2.74. The maximum Gasteiger partial charge on any atom is 0.336 e. The predicted molar refractivity (Wildman–Crippen MR) is 77.8 cm³/mol. The Hall–Kier alpha value is -2.65. The third kappa shape index (κ3) is 9.06. The lowest BCUT2D eigenvalue weighted by Crippen LogP contribution is -2.42. The van der Waals surface area contributed by atoms with Gasteiger partial charge >= 0.3 is 17.9 Å². The number of benzene rings is 1. The molecule has 6 N–H and O–H groups in total. The molecule has 9 heteroatoms. The van der Waals surface area contributed by atoms with E-state index in [1.165, 1.54) is 0 Å². The molecule has 0 heterocycles. The van der Waals surface area contributed by atoms with Crippen LogP contribution in [-0.4, -0.2) is 50.2 Å². The minimum absolute atomic E-state index is 0.234. The average Bonchev–Trinajstić information content (AvgIpc) is 2.37. The Kier molecular flexibility index (Phi) is 8.30. The zero-order valence-corrected chi connectivity index (χ0v) is 12.4. The topological polar surface area (TPSA) is 167 Å². The molecule has 0 fully saturated rings. The molecule has 1 rings (SSSR count). The van der Waals surface area contributed by atoms with Crippen LogP contribution in [0, 0.1) is 0 Å². The van der Waals surface area contributed by atoms with E-state index in [1.807, 2.05) is 30.3 Å². The van der Waals surface area contributed by atoms with Gasteiger partial charge in [0, 0.05) is 0 Å². The maximum absolute atomic E-state index is 10.3. The monoisotopic (exact) mass is 329 g/mol. The van der Waals surface area contributed by atoms with Crippen LogP contribution in [0.3, 0.4) is 0 Å². The summed E-state index contributed by atoms with van der Waals surface area (Å²) in [6, 6.07) is 9.52. The van der Waals surface area contributed by atoms with Crippen molar-refractivity contribution < 1.29 is 39.5 Å². The van der Waals surface area contributed by atoms with Crippen LogP contribution in [0.2, 0.25) is 0 Å². The zero-order chi connectivity index (χ0) is 18.0. The Morgan fingerprint density at radius 3 is 1.83 bits per heavy atom. The van der Waals surface area contributed by atoms with Crippen molar-refractivity contribution in [3.05, 3.63) is 30.3 Å². The molecule has 23 heavy (non-hydrogen) atoms. The molecular weight excluding hydrogens is 310 g/mol. The summed E-state index contributed by atoms with van der Waals surface area (Å²) in [4.78, 5) is 30.5. The Bertz CT molecular complexity index is 513. The molecule has 0 aliphatic rings. The van der Waals surface area contributed by atoms with E-state index in [0.29, 0.717) is 0 Å². The molecular formula is C14H19NO8. The van der Waals surface area contributed by atoms with E-state index in [9.17, 15) is 14.4 Å². The molecule has 0 radical (unpaired) electrons. The van der Waals surface area contributed by atoms with Gasteiger partial charge in [-0.05, 0) is 19.1 Å². The fourth-order valence-electron chi connectivity index (χ4n) is 1.43. The molecule has 0 aromatic heterocycles. The molecule has 0 aliphatic carbocycles. The van der Waals surface area contributed by atoms with Gasteiger partial charge in [0.25, 0.3) is 0 Å². The normalized spacial score (nSPS) is 11.6. The Balaban J connectivity index is 0.000000433. The first-order valence-corrected chi connectivity index (χ1v) is 6.43. The van der Waals surface area contributed by atoms with Gasteiger partial charge in [-0.3, -0.25) is 15.3 Å². The van der Waals surface area contributed by atoms with Crippen molar-refractivity contribution in [3.63, 3.8) is 0 Å². The maximum atomic E-state index is 10.3. The van der Waals surface area contributed by atoms with Crippen molar-refractivity contribution in [1.29, 1.82) is 0 Å². The molecule has 1 unspecified atom stereocenters. The second-order valence-electron chi connectivity index (χ2n) is 4.61. The molecule has 0 saturated heterocycles. The van der Waals surface area contributed by atoms with E-state index in [1.54, 1.807) is 6.92 Å². The van der Waals surface area contributed by atoms with Gasteiger partial charge in [-0.1, -0.05) is 18.2 Å². The number of hydrogen-bond donors (Lipinski definition) is 5. The summed E-state index contributed by atoms with van der Waals surface area (Å²) < 4.78 is 5.19. The van der Waals surface area contributed by atoms with E-state index in [4.69, 9.17) is 30.9 Å². The van der Waals surface area contributed by atoms with Gasteiger partial charge in [-0.25, -0.2) is 4.79 Å². The summed E-state index contributed by atoms with van der Waals surface area (Å²) in [6.07, 6.45) is -2.52. The molecule has 1 aromatic rings. The Morgan fingerprint density at radius 2 is 1.52 bits per heavy atom. The highest BCUT2D eigenvalue weighted by molar-refractivity contribution is 5.88. The lowest BCUT2D eigenvalue weighted by Gasteiger charge is -2.18. The van der Waals surface area contributed by atoms with Gasteiger partial charge in [0.2, 0.25) is 0 Å². The van der Waals surface area contributed by atoms with E-state index >= 15 is 0 Å². The van der Waals surface area contributed by atoms with Crippen molar-refractivity contribution >= 4 is 17.9 Å². The number of ether oxygens (including phenoxy) is 1. The van der Waals surface area contributed by atoms with Gasteiger partial charge in [0.05, 0.1) is 12.8 Å². The molecule has 0 aliphatic heterocycles. The van der Waals surface area contributed by atoms with E-state index < -0.39 is 36.4 Å². The number of para-hydroxylation sites is 1. The standard InChI is InChI=1S/C8H11NO.C6H8O7/c1-7(9)10-8-5-3-2-4-6-8;7-3(8)1-6(13,5(11)12)2-4(9)10/h2-7H,9H2,1H3;13H,1-2H2,(H,7,8)(H,9,10)(H,11,12). The summed E-state index contributed by atoms with van der Waals surface area (Å²) in [5.74, 6) is -4.20. The molecule has 0 spiro atoms. The Labute approximate surface area is 131 Å². The first kappa shape index (κ1) is 20.3. The summed E-state index contributed by atoms with van der Waals surface area (Å²) in [5, 5.41) is 33.8. The summed E-state index contributed by atoms with van der Waals surface area (Å²) in [5.41, 5.74) is 2.66. The molecule has 0 saturated carbocycles. The summed E-state index contributed by atoms with van der Waals surface area (Å²) in [7, 11) is 0. The Morgan fingerprint density at radius 1 is 1.09 bits per heavy atom. The van der Waals surface area contributed by atoms with Crippen molar-refractivity contribution in [2.24, 2.45) is 5.73 Å². The quantitative estimate of drug-likeness (QED) is 0.436. The van der Waals surface area contributed by atoms with Gasteiger partial charge in [0.15, 0.2) is 5.60 Å². The second-order valence-corrected chi connectivity index (χ2v) is 4.61. The fourth-order valence-corrected chi connectivity index (χ4v) is 1.43. The lowest BCUT2D eigenvalue weighted by atomic mass is 9.96. The van der Waals surface area contributed by atoms with E-state index in [-0.39, 0.29) is 6.23 Å². The number of carbonyl (C=O) groups is 3. The van der Waals surface area contributed by atoms with Gasteiger partial charge < -0.3 is 25.2 Å². The smallest absolute Gasteiger partial charge is 0.336 e. The van der Waals surface area contributed by atoms with Gasteiger partial charge in [0.1, 0.15) is 12.0 Å². The van der Waals surface area contributed by atoms with Crippen molar-refractivity contribution in [2.45, 2.75) is 31.6 Å². The summed E-state index contributed by atoms with van der Waals surface area (Å²) >= 11 is 0. The van der Waals surface area contributed by atoms with Crippen LogP contribution in [0.15, 0.2) is 30.3 Å². The van der Waals surface area contributed by atoms with Crippen LogP contribution < -0.4 is 10.5 Å². The molecule has 0 bridgehead atoms. The van der Waals surface area contributed by atoms with Crippen LogP contribution in [-0.2, 0) is 14.4 Å². The number of carboxylic acid groups (broad SMARTS) is 3. The first-order valence-electron chi connectivity index (χ1n) is 6.43. The average molecular weight is 329 g/mol. The van der Waals surface area contributed by atoms with Crippen LogP contribution in [0.1, 0.15) is 19.8 Å². The molecule has 1 aromatic carbocycles. The van der Waals surface area contributed by atoms with Crippen LogP contribution in [0.4, 0.5) is 0 Å². The second kappa shape index (κ2) is 9.38. The van der Waals surface area contributed by atoms with Crippen LogP contribution >= 0.6 is 0 Å². The molecule has 9 nitrogen and oxygen atoms in total. The van der Waals surface area contributed by atoms with E-state index in [0.717, 1.165) is 5.75 Å². The number of carboxylic acids is 3. The largest absolute Gasteiger partial charge is 0.481 e. The van der Waals surface area contributed by atoms with Gasteiger partial charge in [-0.2, -0.15) is 0 Å². The van der Waals surface area contributed by atoms with Crippen molar-refractivity contribution in [1.82, 2.24) is 0 Å². The molecule has 0 amide bonds. The number of aliphatic carboxylic acids is 3. The zero-order valence-electron chi connectivity index (χ0n) is 12.4. The number of nitrogens with two attached hydrogens (primary N) is 1. The highest BCUT2D eigenvalue weighted by Crippen LogP contribution is 2.15. The van der Waals surface area contributed by atoms with Crippen LogP contribution in [0.5, 0.6) is 5.75 Å². The first-order chi connectivity index (χ1) is 10.6.